The molecule has 0 saturated carbocycles. The van der Waals surface area contributed by atoms with Gasteiger partial charge < -0.3 is 10.2 Å². The largest absolute Gasteiger partial charge is 0.319 e. The van der Waals surface area contributed by atoms with Crippen molar-refractivity contribution >= 4 is 12.4 Å². The first kappa shape index (κ1) is 17.4. The molecule has 1 aromatic rings. The highest BCUT2D eigenvalue weighted by atomic mass is 35.5. The molecule has 1 saturated heterocycles. The average Bonchev–Trinajstić information content (AvgIpc) is 2.40. The molecule has 0 amide bonds. The Morgan fingerprint density at radius 2 is 2.05 bits per heavy atom. The van der Waals surface area contributed by atoms with Crippen molar-refractivity contribution in [2.24, 2.45) is 5.92 Å². The van der Waals surface area contributed by atoms with Gasteiger partial charge in [-0.15, -0.1) is 12.4 Å². The molecule has 1 aromatic carbocycles. The minimum Gasteiger partial charge on any atom is -0.319 e. The normalized spacial score (nSPS) is 21.2. The summed E-state index contributed by atoms with van der Waals surface area (Å²) >= 11 is 0. The van der Waals surface area contributed by atoms with Crippen LogP contribution in [0.15, 0.2) is 24.3 Å². The fraction of sp³-hybridized carbons (Fsp3) is 0.625. The molecule has 0 spiro atoms. The maximum Gasteiger partial charge on any atom is 0.123 e. The quantitative estimate of drug-likeness (QED) is 0.898. The highest BCUT2D eigenvalue weighted by Gasteiger charge is 2.21. The summed E-state index contributed by atoms with van der Waals surface area (Å²) in [7, 11) is 2.03. The number of rotatable bonds is 5. The van der Waals surface area contributed by atoms with Gasteiger partial charge in [0.1, 0.15) is 5.82 Å². The van der Waals surface area contributed by atoms with Gasteiger partial charge in [-0.2, -0.15) is 0 Å². The van der Waals surface area contributed by atoms with Gasteiger partial charge in [-0.25, -0.2) is 4.39 Å². The van der Waals surface area contributed by atoms with Crippen LogP contribution >= 0.6 is 12.4 Å². The first-order chi connectivity index (χ1) is 9.19. The highest BCUT2D eigenvalue weighted by Crippen LogP contribution is 2.21. The van der Waals surface area contributed by atoms with Crippen molar-refractivity contribution < 1.29 is 4.39 Å². The van der Waals surface area contributed by atoms with Gasteiger partial charge in [0.25, 0.3) is 0 Å². The van der Waals surface area contributed by atoms with Crippen molar-refractivity contribution in [3.63, 3.8) is 0 Å². The zero-order chi connectivity index (χ0) is 13.7. The van der Waals surface area contributed by atoms with Gasteiger partial charge in [0.15, 0.2) is 0 Å². The van der Waals surface area contributed by atoms with E-state index in [-0.39, 0.29) is 18.2 Å². The van der Waals surface area contributed by atoms with Gasteiger partial charge in [-0.3, -0.25) is 0 Å². The molecular formula is C16H26ClFN2. The Kier molecular flexibility index (Phi) is 7.49. The van der Waals surface area contributed by atoms with Crippen molar-refractivity contribution in [3.8, 4) is 0 Å². The molecule has 1 heterocycles. The molecule has 0 aromatic heterocycles. The molecule has 0 radical (unpaired) electrons. The summed E-state index contributed by atoms with van der Waals surface area (Å²) in [6, 6.07) is 6.95. The van der Waals surface area contributed by atoms with Crippen molar-refractivity contribution in [1.29, 1.82) is 0 Å². The van der Waals surface area contributed by atoms with E-state index in [0.29, 0.717) is 5.92 Å². The van der Waals surface area contributed by atoms with Crippen LogP contribution in [0.5, 0.6) is 0 Å². The molecule has 2 unspecified atom stereocenters. The molecule has 2 atom stereocenters. The van der Waals surface area contributed by atoms with Crippen LogP contribution in [0.1, 0.15) is 31.2 Å². The summed E-state index contributed by atoms with van der Waals surface area (Å²) in [5.74, 6) is 1.09. The van der Waals surface area contributed by atoms with E-state index in [2.05, 4.69) is 17.1 Å². The predicted molar refractivity (Wildman–Crippen MR) is 85.2 cm³/mol. The number of benzene rings is 1. The molecule has 0 bridgehead atoms. The molecule has 1 N–H and O–H groups in total. The maximum atomic E-state index is 12.9. The van der Waals surface area contributed by atoms with Gasteiger partial charge in [0, 0.05) is 13.1 Å². The van der Waals surface area contributed by atoms with E-state index in [1.807, 2.05) is 19.2 Å². The third kappa shape index (κ3) is 5.04. The van der Waals surface area contributed by atoms with Crippen LogP contribution in [0.4, 0.5) is 4.39 Å². The topological polar surface area (TPSA) is 15.3 Å². The Morgan fingerprint density at radius 1 is 1.35 bits per heavy atom. The van der Waals surface area contributed by atoms with Crippen LogP contribution in [0.25, 0.3) is 0 Å². The fourth-order valence-corrected chi connectivity index (χ4v) is 3.06. The van der Waals surface area contributed by atoms with Crippen LogP contribution in [0.2, 0.25) is 0 Å². The van der Waals surface area contributed by atoms with Gasteiger partial charge in [-0.1, -0.05) is 19.1 Å². The lowest BCUT2D eigenvalue weighted by Gasteiger charge is -2.34. The monoisotopic (exact) mass is 300 g/mol. The molecule has 114 valence electrons. The van der Waals surface area contributed by atoms with Crippen LogP contribution in [-0.2, 0) is 0 Å². The van der Waals surface area contributed by atoms with Crippen molar-refractivity contribution in [2.45, 2.75) is 25.7 Å². The minimum atomic E-state index is -0.150. The third-order valence-corrected chi connectivity index (χ3v) is 4.07. The van der Waals surface area contributed by atoms with Crippen molar-refractivity contribution in [2.75, 3.05) is 33.2 Å². The second-order valence-electron chi connectivity index (χ2n) is 5.78. The zero-order valence-corrected chi connectivity index (χ0v) is 13.3. The zero-order valence-electron chi connectivity index (χ0n) is 12.4. The van der Waals surface area contributed by atoms with Crippen LogP contribution < -0.4 is 5.32 Å². The summed E-state index contributed by atoms with van der Waals surface area (Å²) in [5, 5.41) is 3.28. The number of hydrogen-bond acceptors (Lipinski definition) is 2. The van der Waals surface area contributed by atoms with E-state index < -0.39 is 0 Å². The maximum absolute atomic E-state index is 12.9. The molecular weight excluding hydrogens is 275 g/mol. The lowest BCUT2D eigenvalue weighted by Crippen LogP contribution is -2.40. The van der Waals surface area contributed by atoms with Gasteiger partial charge >= 0.3 is 0 Å². The Balaban J connectivity index is 0.00000200. The summed E-state index contributed by atoms with van der Waals surface area (Å²) in [6.07, 6.45) is 2.63. The van der Waals surface area contributed by atoms with Crippen molar-refractivity contribution in [3.05, 3.63) is 35.6 Å². The molecule has 4 heteroatoms. The summed E-state index contributed by atoms with van der Waals surface area (Å²) < 4.78 is 12.9. The predicted octanol–water partition coefficient (Wildman–Crippen LogP) is 3.28. The van der Waals surface area contributed by atoms with E-state index in [0.717, 1.165) is 19.0 Å². The fourth-order valence-electron chi connectivity index (χ4n) is 3.06. The van der Waals surface area contributed by atoms with E-state index in [9.17, 15) is 4.39 Å². The van der Waals surface area contributed by atoms with Crippen LogP contribution in [0.3, 0.4) is 0 Å². The standard InChI is InChI=1S/C16H25FN2.ClH/c1-13(15-5-7-16(17)8-6-15)11-19-9-3-4-14(12-19)10-18-2;/h5-8,13-14,18H,3-4,9-12H2,1-2H3;1H. The summed E-state index contributed by atoms with van der Waals surface area (Å²) in [6.45, 7) is 6.81. The third-order valence-electron chi connectivity index (χ3n) is 4.07. The molecule has 2 rings (SSSR count). The molecule has 2 nitrogen and oxygen atoms in total. The van der Waals surface area contributed by atoms with Crippen molar-refractivity contribution in [1.82, 2.24) is 10.2 Å². The number of halogens is 2. The number of hydrogen-bond donors (Lipinski definition) is 1. The Bertz CT molecular complexity index is 381. The number of nitrogens with zero attached hydrogens (tertiary/aromatic N) is 1. The van der Waals surface area contributed by atoms with Crippen LogP contribution in [0, 0.1) is 11.7 Å². The van der Waals surface area contributed by atoms with E-state index >= 15 is 0 Å². The molecule has 20 heavy (non-hydrogen) atoms. The van der Waals surface area contributed by atoms with Gasteiger partial charge in [0.2, 0.25) is 0 Å². The Hall–Kier alpha value is -0.640. The Labute approximate surface area is 128 Å². The Morgan fingerprint density at radius 3 is 2.70 bits per heavy atom. The van der Waals surface area contributed by atoms with Gasteiger partial charge in [-0.05, 0) is 62.5 Å². The SMILES string of the molecule is CNCC1CCCN(CC(C)c2ccc(F)cc2)C1.Cl. The summed E-state index contributed by atoms with van der Waals surface area (Å²) in [4.78, 5) is 2.56. The molecule has 0 aliphatic carbocycles. The van der Waals surface area contributed by atoms with E-state index in [4.69, 9.17) is 0 Å². The van der Waals surface area contributed by atoms with E-state index in [1.54, 1.807) is 12.1 Å². The number of piperidine rings is 1. The summed E-state index contributed by atoms with van der Waals surface area (Å²) in [5.41, 5.74) is 1.23. The smallest absolute Gasteiger partial charge is 0.123 e. The van der Waals surface area contributed by atoms with Gasteiger partial charge in [0.05, 0.1) is 0 Å². The second-order valence-corrected chi connectivity index (χ2v) is 5.78. The molecule has 1 aliphatic heterocycles. The molecule has 1 fully saturated rings. The first-order valence-corrected chi connectivity index (χ1v) is 7.31. The first-order valence-electron chi connectivity index (χ1n) is 7.31. The van der Waals surface area contributed by atoms with E-state index in [1.165, 1.54) is 31.5 Å². The lowest BCUT2D eigenvalue weighted by molar-refractivity contribution is 0.167. The average molecular weight is 301 g/mol. The lowest BCUT2D eigenvalue weighted by atomic mass is 9.95. The molecule has 1 aliphatic rings. The minimum absolute atomic E-state index is 0. The highest BCUT2D eigenvalue weighted by molar-refractivity contribution is 5.85. The number of nitrogens with one attached hydrogen (secondary N) is 1. The van der Waals surface area contributed by atoms with Crippen LogP contribution in [-0.4, -0.2) is 38.1 Å². The second kappa shape index (κ2) is 8.60. The number of likely N-dealkylation sites (tertiary alicyclic amines) is 1.